The van der Waals surface area contributed by atoms with Crippen molar-refractivity contribution in [2.75, 3.05) is 21.3 Å². The van der Waals surface area contributed by atoms with E-state index in [1.165, 1.54) is 0 Å². The third-order valence-electron chi connectivity index (χ3n) is 4.58. The molecule has 6 heteroatoms. The largest absolute Gasteiger partial charge is 0.536 e. The van der Waals surface area contributed by atoms with Gasteiger partial charge in [0.15, 0.2) is 11.5 Å². The second kappa shape index (κ2) is 9.91. The summed E-state index contributed by atoms with van der Waals surface area (Å²) in [4.78, 5) is 0. The maximum Gasteiger partial charge on any atom is 0.536 e. The summed E-state index contributed by atoms with van der Waals surface area (Å²) >= 11 is 0. The topological polar surface area (TPSA) is 46.2 Å². The van der Waals surface area contributed by atoms with Gasteiger partial charge in [-0.3, -0.25) is 0 Å². The van der Waals surface area contributed by atoms with Gasteiger partial charge in [0.1, 0.15) is 11.2 Å². The van der Waals surface area contributed by atoms with Gasteiger partial charge in [-0.1, -0.05) is 32.8 Å². The summed E-state index contributed by atoms with van der Waals surface area (Å²) in [5.41, 5.74) is -0.584. The van der Waals surface area contributed by atoms with Crippen LogP contribution in [0.3, 0.4) is 0 Å². The van der Waals surface area contributed by atoms with Gasteiger partial charge in [0.2, 0.25) is 0 Å². The van der Waals surface area contributed by atoms with Crippen LogP contribution in [0.15, 0.2) is 18.2 Å². The molecule has 0 spiro atoms. The zero-order chi connectivity index (χ0) is 20.7. The van der Waals surface area contributed by atoms with Gasteiger partial charge in [-0.15, -0.1) is 0 Å². The summed E-state index contributed by atoms with van der Waals surface area (Å²) in [6, 6.07) is 5.82. The molecule has 1 rings (SSSR count). The van der Waals surface area contributed by atoms with Crippen LogP contribution in [0, 0.1) is 0 Å². The van der Waals surface area contributed by atoms with Crippen molar-refractivity contribution in [1.82, 2.24) is 0 Å². The molecule has 0 amide bonds. The number of benzene rings is 1. The molecule has 0 radical (unpaired) electrons. The average molecular weight is 399 g/mol. The highest BCUT2D eigenvalue weighted by Crippen LogP contribution is 2.35. The molecule has 0 aromatic heterocycles. The monoisotopic (exact) mass is 398 g/mol. The smallest absolute Gasteiger partial charge is 0.484 e. The van der Waals surface area contributed by atoms with E-state index in [0.29, 0.717) is 5.75 Å². The minimum absolute atomic E-state index is 0.276. The van der Waals surface area contributed by atoms with Crippen molar-refractivity contribution in [3.8, 4) is 11.5 Å². The maximum absolute atomic E-state index is 6.40. The zero-order valence-corrected chi connectivity index (χ0v) is 19.6. The van der Waals surface area contributed by atoms with Crippen molar-refractivity contribution in [2.24, 2.45) is 0 Å². The fourth-order valence-electron chi connectivity index (χ4n) is 3.37. The van der Waals surface area contributed by atoms with Crippen LogP contribution >= 0.6 is 0 Å². The Balaban J connectivity index is 3.38. The molecule has 0 bridgehead atoms. The van der Waals surface area contributed by atoms with Crippen molar-refractivity contribution < 1.29 is 22.8 Å². The standard InChI is InChI=1S/C21H38O5Si/c1-10-14-20(3,4)25-18-13-12-17(27(22-7,23-8)24-9)16-19(18)26-21(5,6)15-11-2/h12-13,16H,10-11,14-15H2,1-9H3. The molecule has 0 aliphatic carbocycles. The van der Waals surface area contributed by atoms with Gasteiger partial charge in [-0.05, 0) is 52.7 Å². The number of hydrogen-bond donors (Lipinski definition) is 0. The van der Waals surface area contributed by atoms with Crippen LogP contribution in [0.1, 0.15) is 67.2 Å². The van der Waals surface area contributed by atoms with Crippen LogP contribution in [0.5, 0.6) is 11.5 Å². The Labute approximate surface area is 166 Å². The molecule has 0 atom stereocenters. The Kier molecular flexibility index (Phi) is 8.80. The van der Waals surface area contributed by atoms with E-state index < -0.39 is 8.80 Å². The van der Waals surface area contributed by atoms with Gasteiger partial charge in [-0.2, -0.15) is 0 Å². The molecule has 0 unspecified atom stereocenters. The lowest BCUT2D eigenvalue weighted by atomic mass is 10.0. The van der Waals surface area contributed by atoms with Crippen LogP contribution in [-0.2, 0) is 13.3 Å². The van der Waals surface area contributed by atoms with Crippen LogP contribution in [0.4, 0.5) is 0 Å². The first-order chi connectivity index (χ1) is 12.6. The molecular formula is C21H38O5Si. The predicted octanol–water partition coefficient (Wildman–Crippen LogP) is 4.69. The van der Waals surface area contributed by atoms with E-state index in [1.54, 1.807) is 21.3 Å². The highest BCUT2D eigenvalue weighted by atomic mass is 28.4. The van der Waals surface area contributed by atoms with E-state index in [2.05, 4.69) is 41.5 Å². The lowest BCUT2D eigenvalue weighted by Crippen LogP contribution is -2.54. The highest BCUT2D eigenvalue weighted by Gasteiger charge is 2.42. The van der Waals surface area contributed by atoms with Crippen LogP contribution in [0.2, 0.25) is 0 Å². The summed E-state index contributed by atoms with van der Waals surface area (Å²) in [6.45, 7) is 12.7. The molecule has 0 aliphatic heterocycles. The Morgan fingerprint density at radius 1 is 0.741 bits per heavy atom. The molecule has 0 heterocycles. The predicted molar refractivity (Wildman–Crippen MR) is 112 cm³/mol. The van der Waals surface area contributed by atoms with Gasteiger partial charge in [0.05, 0.1) is 0 Å². The summed E-state index contributed by atoms with van der Waals surface area (Å²) in [7, 11) is 1.87. The van der Waals surface area contributed by atoms with Gasteiger partial charge in [0, 0.05) is 26.5 Å². The van der Waals surface area contributed by atoms with Crippen LogP contribution < -0.4 is 14.7 Å². The quantitative estimate of drug-likeness (QED) is 0.478. The van der Waals surface area contributed by atoms with Gasteiger partial charge in [-0.25, -0.2) is 0 Å². The Hall–Kier alpha value is -1.08. The Bertz CT molecular complexity index is 574. The molecule has 27 heavy (non-hydrogen) atoms. The van der Waals surface area contributed by atoms with E-state index in [9.17, 15) is 0 Å². The second-order valence-corrected chi connectivity index (χ2v) is 11.0. The van der Waals surface area contributed by atoms with Crippen LogP contribution in [-0.4, -0.2) is 41.3 Å². The van der Waals surface area contributed by atoms with Crippen molar-refractivity contribution in [2.45, 2.75) is 78.4 Å². The number of rotatable bonds is 12. The molecular weight excluding hydrogens is 360 g/mol. The molecule has 0 saturated carbocycles. The van der Waals surface area contributed by atoms with Gasteiger partial charge in [0.25, 0.3) is 0 Å². The number of hydrogen-bond acceptors (Lipinski definition) is 5. The first-order valence-electron chi connectivity index (χ1n) is 9.76. The maximum atomic E-state index is 6.40. The molecule has 1 aromatic carbocycles. The van der Waals surface area contributed by atoms with Gasteiger partial charge < -0.3 is 22.8 Å². The molecule has 0 fully saturated rings. The van der Waals surface area contributed by atoms with Crippen molar-refractivity contribution in [3.63, 3.8) is 0 Å². The van der Waals surface area contributed by atoms with E-state index in [0.717, 1.165) is 36.6 Å². The molecule has 0 N–H and O–H groups in total. The lowest BCUT2D eigenvalue weighted by molar-refractivity contribution is 0.0670. The van der Waals surface area contributed by atoms with E-state index in [4.69, 9.17) is 22.8 Å². The summed E-state index contributed by atoms with van der Waals surface area (Å²) in [5, 5.41) is 0.845. The van der Waals surface area contributed by atoms with E-state index >= 15 is 0 Å². The van der Waals surface area contributed by atoms with Crippen molar-refractivity contribution in [1.29, 1.82) is 0 Å². The van der Waals surface area contributed by atoms with Crippen molar-refractivity contribution in [3.05, 3.63) is 18.2 Å². The fourth-order valence-corrected chi connectivity index (χ4v) is 5.17. The average Bonchev–Trinajstić information content (AvgIpc) is 2.58. The SMILES string of the molecule is CCCC(C)(C)Oc1ccc([Si](OC)(OC)OC)cc1OC(C)(C)CCC. The molecule has 0 saturated heterocycles. The normalized spacial score (nSPS) is 12.9. The second-order valence-electron chi connectivity index (χ2n) is 8.05. The summed E-state index contributed by atoms with van der Waals surface area (Å²) in [6.07, 6.45) is 3.99. The third kappa shape index (κ3) is 6.49. The summed E-state index contributed by atoms with van der Waals surface area (Å²) < 4.78 is 29.6. The van der Waals surface area contributed by atoms with Crippen molar-refractivity contribution >= 4 is 14.0 Å². The van der Waals surface area contributed by atoms with E-state index in [1.807, 2.05) is 18.2 Å². The highest BCUT2D eigenvalue weighted by molar-refractivity contribution is 6.75. The Morgan fingerprint density at radius 3 is 1.59 bits per heavy atom. The van der Waals surface area contributed by atoms with Gasteiger partial charge >= 0.3 is 8.80 Å². The molecule has 156 valence electrons. The van der Waals surface area contributed by atoms with E-state index in [-0.39, 0.29) is 11.2 Å². The fraction of sp³-hybridized carbons (Fsp3) is 0.714. The molecule has 5 nitrogen and oxygen atoms in total. The first-order valence-corrected chi connectivity index (χ1v) is 11.5. The van der Waals surface area contributed by atoms with Crippen LogP contribution in [0.25, 0.3) is 0 Å². The minimum atomic E-state index is -2.95. The zero-order valence-electron chi connectivity index (χ0n) is 18.6. The first kappa shape index (κ1) is 24.0. The Morgan fingerprint density at radius 2 is 1.19 bits per heavy atom. The lowest BCUT2D eigenvalue weighted by Gasteiger charge is -2.32. The summed E-state index contributed by atoms with van der Waals surface area (Å²) in [5.74, 6) is 1.42. The minimum Gasteiger partial charge on any atom is -0.484 e. The molecule has 1 aromatic rings. The third-order valence-corrected chi connectivity index (χ3v) is 7.21. The molecule has 0 aliphatic rings. The number of ether oxygens (including phenoxy) is 2.